The number of piperidine rings is 1. The van der Waals surface area contributed by atoms with E-state index in [1.165, 1.54) is 0 Å². The number of amides is 1. The molecule has 1 saturated heterocycles. The first-order valence-electron chi connectivity index (χ1n) is 6.31. The maximum atomic E-state index is 11.7. The highest BCUT2D eigenvalue weighted by Gasteiger charge is 2.28. The van der Waals surface area contributed by atoms with Crippen LogP contribution in [-0.2, 0) is 4.79 Å². The van der Waals surface area contributed by atoms with Gasteiger partial charge in [-0.1, -0.05) is 11.6 Å². The number of rotatable bonds is 3. The van der Waals surface area contributed by atoms with E-state index in [4.69, 9.17) is 11.6 Å². The number of halogens is 1. The van der Waals surface area contributed by atoms with E-state index in [0.717, 1.165) is 38.1 Å². The highest BCUT2D eigenvalue weighted by molar-refractivity contribution is 6.29. The number of hydrogen-bond acceptors (Lipinski definition) is 4. The lowest BCUT2D eigenvalue weighted by molar-refractivity contribution is -0.123. The van der Waals surface area contributed by atoms with E-state index in [9.17, 15) is 4.79 Å². The molecule has 3 rings (SSSR count). The fourth-order valence-electron chi connectivity index (χ4n) is 2.12. The van der Waals surface area contributed by atoms with Crippen LogP contribution in [0, 0.1) is 0 Å². The summed E-state index contributed by atoms with van der Waals surface area (Å²) < 4.78 is 0. The fraction of sp³-hybridized carbons (Fsp3) is 0.583. The Balaban J connectivity index is 1.76. The number of anilines is 1. The average Bonchev–Trinajstić information content (AvgIpc) is 3.15. The van der Waals surface area contributed by atoms with Gasteiger partial charge < -0.3 is 10.6 Å². The number of aromatic nitrogens is 2. The van der Waals surface area contributed by atoms with Gasteiger partial charge in [0.15, 0.2) is 0 Å². The highest BCUT2D eigenvalue weighted by Crippen LogP contribution is 2.38. The van der Waals surface area contributed by atoms with Crippen LogP contribution < -0.4 is 10.6 Å². The van der Waals surface area contributed by atoms with Crippen molar-refractivity contribution in [3.05, 3.63) is 17.0 Å². The Kier molecular flexibility index (Phi) is 3.07. The molecule has 1 aromatic rings. The highest BCUT2D eigenvalue weighted by atomic mass is 35.5. The molecule has 2 aliphatic rings. The zero-order valence-electron chi connectivity index (χ0n) is 9.95. The van der Waals surface area contributed by atoms with Crippen LogP contribution in [0.4, 0.5) is 5.82 Å². The van der Waals surface area contributed by atoms with Gasteiger partial charge in [-0.3, -0.25) is 4.79 Å². The van der Waals surface area contributed by atoms with E-state index < -0.39 is 0 Å². The van der Waals surface area contributed by atoms with Gasteiger partial charge in [0.2, 0.25) is 5.91 Å². The summed E-state index contributed by atoms with van der Waals surface area (Å²) in [5.74, 6) is 1.92. The Morgan fingerprint density at radius 2 is 2.17 bits per heavy atom. The predicted molar refractivity (Wildman–Crippen MR) is 68.7 cm³/mol. The van der Waals surface area contributed by atoms with E-state index in [0.29, 0.717) is 16.9 Å². The third-order valence-electron chi connectivity index (χ3n) is 3.26. The molecule has 1 amide bonds. The molecule has 0 aromatic carbocycles. The summed E-state index contributed by atoms with van der Waals surface area (Å²) in [5, 5.41) is 6.42. The summed E-state index contributed by atoms with van der Waals surface area (Å²) in [6, 6.07) is 1.46. The van der Waals surface area contributed by atoms with Crippen LogP contribution in [0.25, 0.3) is 0 Å². The monoisotopic (exact) mass is 266 g/mol. The topological polar surface area (TPSA) is 66.9 Å². The van der Waals surface area contributed by atoms with Crippen molar-refractivity contribution in [2.75, 3.05) is 11.9 Å². The maximum absolute atomic E-state index is 11.7. The van der Waals surface area contributed by atoms with Crippen LogP contribution in [0.2, 0.25) is 5.15 Å². The van der Waals surface area contributed by atoms with Gasteiger partial charge in [-0.2, -0.15) is 0 Å². The standard InChI is InChI=1S/C12H15ClN4O/c13-9-6-10(17-11(16-9)7-3-4-7)15-8-2-1-5-14-12(8)18/h6-8H,1-5H2,(H,14,18)(H,15,16,17). The molecule has 96 valence electrons. The molecular formula is C12H15ClN4O. The molecule has 1 aliphatic carbocycles. The third-order valence-corrected chi connectivity index (χ3v) is 3.46. The molecule has 1 unspecified atom stereocenters. The minimum absolute atomic E-state index is 0.0314. The number of hydrogen-bond donors (Lipinski definition) is 2. The van der Waals surface area contributed by atoms with E-state index in [2.05, 4.69) is 20.6 Å². The minimum Gasteiger partial charge on any atom is -0.358 e. The molecule has 1 saturated carbocycles. The van der Waals surface area contributed by atoms with Crippen molar-refractivity contribution < 1.29 is 4.79 Å². The van der Waals surface area contributed by atoms with Gasteiger partial charge in [0, 0.05) is 18.5 Å². The van der Waals surface area contributed by atoms with Crippen molar-refractivity contribution >= 4 is 23.3 Å². The summed E-state index contributed by atoms with van der Waals surface area (Å²) in [6.07, 6.45) is 4.07. The molecular weight excluding hydrogens is 252 g/mol. The van der Waals surface area contributed by atoms with Crippen molar-refractivity contribution in [3.63, 3.8) is 0 Å². The van der Waals surface area contributed by atoms with Crippen LogP contribution in [0.1, 0.15) is 37.4 Å². The third kappa shape index (κ3) is 2.56. The Hall–Kier alpha value is -1.36. The molecule has 6 heteroatoms. The lowest BCUT2D eigenvalue weighted by Gasteiger charge is -2.23. The van der Waals surface area contributed by atoms with Gasteiger partial charge in [0.1, 0.15) is 22.8 Å². The number of carbonyl (C=O) groups is 1. The predicted octanol–water partition coefficient (Wildman–Crippen LogP) is 1.70. The quantitative estimate of drug-likeness (QED) is 0.817. The van der Waals surface area contributed by atoms with Crippen molar-refractivity contribution in [2.24, 2.45) is 0 Å². The number of carbonyl (C=O) groups excluding carboxylic acids is 1. The molecule has 18 heavy (non-hydrogen) atoms. The SMILES string of the molecule is O=C1NCCCC1Nc1cc(Cl)nc(C2CC2)n1. The first kappa shape index (κ1) is 11.7. The zero-order valence-corrected chi connectivity index (χ0v) is 10.7. The fourth-order valence-corrected chi connectivity index (χ4v) is 2.31. The largest absolute Gasteiger partial charge is 0.358 e. The Morgan fingerprint density at radius 1 is 1.33 bits per heavy atom. The molecule has 1 atom stereocenters. The van der Waals surface area contributed by atoms with Gasteiger partial charge in [0.25, 0.3) is 0 Å². The molecule has 0 radical (unpaired) electrons. The van der Waals surface area contributed by atoms with Gasteiger partial charge in [-0.25, -0.2) is 9.97 Å². The van der Waals surface area contributed by atoms with Crippen molar-refractivity contribution in [3.8, 4) is 0 Å². The van der Waals surface area contributed by atoms with Crippen LogP contribution in [-0.4, -0.2) is 28.5 Å². The Bertz CT molecular complexity index is 475. The molecule has 0 spiro atoms. The Morgan fingerprint density at radius 3 is 2.89 bits per heavy atom. The first-order valence-corrected chi connectivity index (χ1v) is 6.69. The minimum atomic E-state index is -0.211. The van der Waals surface area contributed by atoms with Crippen molar-refractivity contribution in [1.29, 1.82) is 0 Å². The summed E-state index contributed by atoms with van der Waals surface area (Å²) >= 11 is 5.98. The molecule has 0 bridgehead atoms. The normalized spacial score (nSPS) is 23.6. The van der Waals surface area contributed by atoms with E-state index in [1.807, 2.05) is 0 Å². The smallest absolute Gasteiger partial charge is 0.242 e. The van der Waals surface area contributed by atoms with Crippen molar-refractivity contribution in [1.82, 2.24) is 15.3 Å². The second-order valence-corrected chi connectivity index (χ2v) is 5.23. The summed E-state index contributed by atoms with van der Waals surface area (Å²) in [6.45, 7) is 0.759. The zero-order chi connectivity index (χ0) is 12.5. The average molecular weight is 267 g/mol. The molecule has 1 aromatic heterocycles. The summed E-state index contributed by atoms with van der Waals surface area (Å²) in [5.41, 5.74) is 0. The van der Waals surface area contributed by atoms with Crippen LogP contribution in [0.3, 0.4) is 0 Å². The van der Waals surface area contributed by atoms with Crippen LogP contribution in [0.15, 0.2) is 6.07 Å². The van der Waals surface area contributed by atoms with Crippen LogP contribution in [0.5, 0.6) is 0 Å². The lowest BCUT2D eigenvalue weighted by Crippen LogP contribution is -2.44. The van der Waals surface area contributed by atoms with E-state index >= 15 is 0 Å². The Labute approximate surface area is 110 Å². The van der Waals surface area contributed by atoms with Gasteiger partial charge in [0.05, 0.1) is 0 Å². The van der Waals surface area contributed by atoms with Gasteiger partial charge >= 0.3 is 0 Å². The number of nitrogens with one attached hydrogen (secondary N) is 2. The summed E-state index contributed by atoms with van der Waals surface area (Å²) in [7, 11) is 0. The molecule has 2 heterocycles. The molecule has 2 N–H and O–H groups in total. The lowest BCUT2D eigenvalue weighted by atomic mass is 10.1. The van der Waals surface area contributed by atoms with Gasteiger partial charge in [-0.05, 0) is 25.7 Å². The molecule has 2 fully saturated rings. The van der Waals surface area contributed by atoms with Crippen LogP contribution >= 0.6 is 11.6 Å². The second kappa shape index (κ2) is 4.72. The summed E-state index contributed by atoms with van der Waals surface area (Å²) in [4.78, 5) is 20.3. The van der Waals surface area contributed by atoms with E-state index in [-0.39, 0.29) is 11.9 Å². The molecule has 5 nitrogen and oxygen atoms in total. The van der Waals surface area contributed by atoms with E-state index in [1.54, 1.807) is 6.07 Å². The van der Waals surface area contributed by atoms with Gasteiger partial charge in [-0.15, -0.1) is 0 Å². The van der Waals surface area contributed by atoms with Crippen molar-refractivity contribution in [2.45, 2.75) is 37.6 Å². The maximum Gasteiger partial charge on any atom is 0.242 e. The number of nitrogens with zero attached hydrogens (tertiary/aromatic N) is 2. The second-order valence-electron chi connectivity index (χ2n) is 4.84. The first-order chi connectivity index (χ1) is 8.72. The molecule has 1 aliphatic heterocycles.